The number of hydrogen-bond acceptors (Lipinski definition) is 5. The topological polar surface area (TPSA) is 47.0 Å². The molecule has 0 saturated heterocycles. The van der Waals surface area contributed by atoms with Crippen molar-refractivity contribution in [2.24, 2.45) is 5.92 Å². The minimum Gasteiger partial charge on any atom is -0.383 e. The first-order chi connectivity index (χ1) is 8.31. The molecule has 2 unspecified atom stereocenters. The van der Waals surface area contributed by atoms with Gasteiger partial charge in [-0.2, -0.15) is 0 Å². The molecule has 1 aromatic rings. The van der Waals surface area contributed by atoms with Gasteiger partial charge >= 0.3 is 0 Å². The molecule has 1 saturated carbocycles. The van der Waals surface area contributed by atoms with Gasteiger partial charge in [0.25, 0.3) is 0 Å². The molecule has 1 heterocycles. The Labute approximate surface area is 107 Å². The molecule has 0 aliphatic heterocycles. The van der Waals surface area contributed by atoms with Gasteiger partial charge in [0.1, 0.15) is 10.0 Å². The predicted octanol–water partition coefficient (Wildman–Crippen LogP) is 1.83. The Morgan fingerprint density at radius 1 is 1.41 bits per heavy atom. The lowest BCUT2D eigenvalue weighted by Gasteiger charge is -2.01. The van der Waals surface area contributed by atoms with Gasteiger partial charge in [0.05, 0.1) is 6.61 Å². The zero-order chi connectivity index (χ0) is 12.1. The summed E-state index contributed by atoms with van der Waals surface area (Å²) in [5, 5.41) is 14.3. The molecule has 1 N–H and O–H groups in total. The Balaban J connectivity index is 1.61. The van der Waals surface area contributed by atoms with Crippen molar-refractivity contribution in [1.82, 2.24) is 15.5 Å². The lowest BCUT2D eigenvalue weighted by atomic mass is 10.3. The fraction of sp³-hybridized carbons (Fsp3) is 0.833. The first-order valence-corrected chi connectivity index (χ1v) is 7.15. The highest BCUT2D eigenvalue weighted by Gasteiger charge is 2.36. The van der Waals surface area contributed by atoms with Crippen LogP contribution in [0.15, 0.2) is 0 Å². The Morgan fingerprint density at radius 2 is 2.24 bits per heavy atom. The van der Waals surface area contributed by atoms with E-state index in [1.54, 1.807) is 18.4 Å². The number of nitrogens with one attached hydrogen (secondary N) is 1. The molecule has 1 aromatic heterocycles. The predicted molar refractivity (Wildman–Crippen MR) is 69.5 cm³/mol. The van der Waals surface area contributed by atoms with E-state index in [-0.39, 0.29) is 0 Å². The van der Waals surface area contributed by atoms with E-state index in [4.69, 9.17) is 4.74 Å². The number of aryl methyl sites for hydroxylation is 1. The fourth-order valence-corrected chi connectivity index (χ4v) is 2.98. The van der Waals surface area contributed by atoms with Crippen molar-refractivity contribution in [3.63, 3.8) is 0 Å². The van der Waals surface area contributed by atoms with E-state index in [0.717, 1.165) is 38.5 Å². The molecule has 0 radical (unpaired) electrons. The molecule has 0 bridgehead atoms. The average Bonchev–Trinajstić information content (AvgIpc) is 2.89. The summed E-state index contributed by atoms with van der Waals surface area (Å²) in [6.45, 7) is 5.02. The maximum atomic E-state index is 4.97. The molecule has 17 heavy (non-hydrogen) atoms. The number of hydrogen-bond donors (Lipinski definition) is 1. The van der Waals surface area contributed by atoms with Crippen LogP contribution in [-0.2, 0) is 11.2 Å². The number of aromatic nitrogens is 2. The summed E-state index contributed by atoms with van der Waals surface area (Å²) < 4.78 is 4.97. The van der Waals surface area contributed by atoms with Crippen molar-refractivity contribution < 1.29 is 4.74 Å². The second-order valence-corrected chi connectivity index (χ2v) is 5.79. The van der Waals surface area contributed by atoms with Crippen molar-refractivity contribution in [2.45, 2.75) is 32.1 Å². The van der Waals surface area contributed by atoms with Crippen LogP contribution in [0.3, 0.4) is 0 Å². The molecule has 0 spiro atoms. The summed E-state index contributed by atoms with van der Waals surface area (Å²) in [7, 11) is 1.73. The SMILES string of the molecule is COCCNCCCc1nnc(C2CC2C)s1. The van der Waals surface area contributed by atoms with Gasteiger partial charge in [-0.3, -0.25) is 0 Å². The monoisotopic (exact) mass is 255 g/mol. The van der Waals surface area contributed by atoms with Crippen LogP contribution in [0, 0.1) is 5.92 Å². The number of rotatable bonds is 8. The molecule has 4 nitrogen and oxygen atoms in total. The van der Waals surface area contributed by atoms with E-state index in [1.165, 1.54) is 16.4 Å². The van der Waals surface area contributed by atoms with Crippen molar-refractivity contribution in [1.29, 1.82) is 0 Å². The van der Waals surface area contributed by atoms with Crippen LogP contribution in [0.25, 0.3) is 0 Å². The molecule has 2 rings (SSSR count). The highest BCUT2D eigenvalue weighted by atomic mass is 32.1. The molecule has 96 valence electrons. The molecule has 0 amide bonds. The third-order valence-electron chi connectivity index (χ3n) is 3.14. The molecule has 2 atom stereocenters. The normalized spacial score (nSPS) is 22.9. The van der Waals surface area contributed by atoms with Crippen LogP contribution in [-0.4, -0.2) is 37.0 Å². The van der Waals surface area contributed by atoms with Gasteiger partial charge in [0, 0.05) is 26.0 Å². The Kier molecular flexibility index (Phi) is 4.88. The van der Waals surface area contributed by atoms with Gasteiger partial charge in [-0.25, -0.2) is 0 Å². The van der Waals surface area contributed by atoms with Gasteiger partial charge in [-0.1, -0.05) is 6.92 Å². The number of nitrogens with zero attached hydrogens (tertiary/aromatic N) is 2. The second-order valence-electron chi connectivity index (χ2n) is 4.70. The third kappa shape index (κ3) is 4.01. The highest BCUT2D eigenvalue weighted by molar-refractivity contribution is 7.11. The summed E-state index contributed by atoms with van der Waals surface area (Å²) in [5.41, 5.74) is 0. The average molecular weight is 255 g/mol. The molecular formula is C12H21N3OS. The Hall–Kier alpha value is -0.520. The third-order valence-corrected chi connectivity index (χ3v) is 4.25. The summed E-state index contributed by atoms with van der Waals surface area (Å²) >= 11 is 1.80. The quantitative estimate of drug-likeness (QED) is 0.720. The van der Waals surface area contributed by atoms with Crippen molar-refractivity contribution in [3.05, 3.63) is 10.0 Å². The lowest BCUT2D eigenvalue weighted by molar-refractivity contribution is 0.199. The van der Waals surface area contributed by atoms with Crippen molar-refractivity contribution in [2.75, 3.05) is 26.8 Å². The molecule has 1 fully saturated rings. The van der Waals surface area contributed by atoms with E-state index >= 15 is 0 Å². The molecule has 1 aliphatic carbocycles. The molecule has 5 heteroatoms. The minimum atomic E-state index is 0.709. The smallest absolute Gasteiger partial charge is 0.120 e. The minimum absolute atomic E-state index is 0.709. The van der Waals surface area contributed by atoms with Crippen LogP contribution >= 0.6 is 11.3 Å². The summed E-state index contributed by atoms with van der Waals surface area (Å²) in [6, 6.07) is 0. The van der Waals surface area contributed by atoms with Crippen molar-refractivity contribution in [3.8, 4) is 0 Å². The summed E-state index contributed by atoms with van der Waals surface area (Å²) in [6.07, 6.45) is 3.46. The Bertz CT molecular complexity index is 342. The maximum Gasteiger partial charge on any atom is 0.120 e. The van der Waals surface area contributed by atoms with Crippen LogP contribution in [0.4, 0.5) is 0 Å². The van der Waals surface area contributed by atoms with E-state index in [9.17, 15) is 0 Å². The highest BCUT2D eigenvalue weighted by Crippen LogP contribution is 2.47. The standard InChI is InChI=1S/C12H21N3OS/c1-9-8-10(9)12-15-14-11(17-12)4-3-5-13-6-7-16-2/h9-10,13H,3-8H2,1-2H3. The zero-order valence-corrected chi connectivity index (χ0v) is 11.4. The summed E-state index contributed by atoms with van der Waals surface area (Å²) in [5.74, 6) is 1.53. The fourth-order valence-electron chi connectivity index (χ4n) is 1.85. The lowest BCUT2D eigenvalue weighted by Crippen LogP contribution is -2.20. The first-order valence-electron chi connectivity index (χ1n) is 6.33. The molecular weight excluding hydrogens is 234 g/mol. The summed E-state index contributed by atoms with van der Waals surface area (Å²) in [4.78, 5) is 0. The Morgan fingerprint density at radius 3 is 2.94 bits per heavy atom. The van der Waals surface area contributed by atoms with Crippen LogP contribution < -0.4 is 5.32 Å². The first kappa shape index (κ1) is 12.9. The van der Waals surface area contributed by atoms with E-state index < -0.39 is 0 Å². The largest absolute Gasteiger partial charge is 0.383 e. The maximum absolute atomic E-state index is 4.97. The van der Waals surface area contributed by atoms with Gasteiger partial charge in [-0.15, -0.1) is 21.5 Å². The van der Waals surface area contributed by atoms with E-state index in [1.807, 2.05) is 0 Å². The molecule has 0 aromatic carbocycles. The van der Waals surface area contributed by atoms with Crippen LogP contribution in [0.5, 0.6) is 0 Å². The van der Waals surface area contributed by atoms with E-state index in [2.05, 4.69) is 22.4 Å². The molecule has 1 aliphatic rings. The van der Waals surface area contributed by atoms with Gasteiger partial charge in [0.2, 0.25) is 0 Å². The number of methoxy groups -OCH3 is 1. The van der Waals surface area contributed by atoms with Gasteiger partial charge in [0.15, 0.2) is 0 Å². The van der Waals surface area contributed by atoms with Crippen LogP contribution in [0.1, 0.15) is 35.7 Å². The van der Waals surface area contributed by atoms with Crippen LogP contribution in [0.2, 0.25) is 0 Å². The second kappa shape index (κ2) is 6.42. The zero-order valence-electron chi connectivity index (χ0n) is 10.6. The van der Waals surface area contributed by atoms with E-state index in [0.29, 0.717) is 5.92 Å². The van der Waals surface area contributed by atoms with Gasteiger partial charge in [-0.05, 0) is 25.3 Å². The van der Waals surface area contributed by atoms with Gasteiger partial charge < -0.3 is 10.1 Å². The van der Waals surface area contributed by atoms with Crippen molar-refractivity contribution >= 4 is 11.3 Å². The number of ether oxygens (including phenoxy) is 1.